The first kappa shape index (κ1) is 12.6. The topological polar surface area (TPSA) is 72.0 Å². The average molecular weight is 321 g/mol. The fourth-order valence-electron chi connectivity index (χ4n) is 2.76. The molecule has 5 aromatic rings. The highest BCUT2D eigenvalue weighted by atomic mass is 32.1. The number of nitrogens with zero attached hydrogens (tertiary/aromatic N) is 4. The third-order valence-corrected chi connectivity index (χ3v) is 4.84. The van der Waals surface area contributed by atoms with Crippen LogP contribution in [0.5, 0.6) is 0 Å². The molecule has 0 fully saturated rings. The third-order valence-electron chi connectivity index (χ3n) is 3.91. The zero-order valence-electron chi connectivity index (χ0n) is 12.1. The summed E-state index contributed by atoms with van der Waals surface area (Å²) in [7, 11) is 0. The van der Waals surface area contributed by atoms with E-state index in [1.54, 1.807) is 10.8 Å². The van der Waals surface area contributed by atoms with Crippen LogP contribution < -0.4 is 0 Å². The molecule has 7 heteroatoms. The molecule has 0 bridgehead atoms. The Hall–Kier alpha value is -2.93. The van der Waals surface area contributed by atoms with Crippen molar-refractivity contribution >= 4 is 27.2 Å². The summed E-state index contributed by atoms with van der Waals surface area (Å²) >= 11 is 1.52. The van der Waals surface area contributed by atoms with Gasteiger partial charge in [0.2, 0.25) is 4.96 Å². The molecule has 5 rings (SSSR count). The average Bonchev–Trinajstić information content (AvgIpc) is 3.28. The Balaban J connectivity index is 1.72. The van der Waals surface area contributed by atoms with Gasteiger partial charge in [-0.05, 0) is 19.1 Å². The highest BCUT2D eigenvalue weighted by Gasteiger charge is 2.18. The fourth-order valence-corrected chi connectivity index (χ4v) is 3.63. The van der Waals surface area contributed by atoms with E-state index in [2.05, 4.69) is 27.3 Å². The Morgan fingerprint density at radius 1 is 1.13 bits per heavy atom. The van der Waals surface area contributed by atoms with Gasteiger partial charge < -0.3 is 9.40 Å². The van der Waals surface area contributed by atoms with Gasteiger partial charge in [0.1, 0.15) is 10.8 Å². The lowest BCUT2D eigenvalue weighted by molar-refractivity contribution is 0.535. The minimum atomic E-state index is 0.702. The monoisotopic (exact) mass is 321 g/mol. The van der Waals surface area contributed by atoms with E-state index < -0.39 is 0 Å². The van der Waals surface area contributed by atoms with Gasteiger partial charge in [-0.25, -0.2) is 0 Å². The molecule has 0 saturated carbocycles. The summed E-state index contributed by atoms with van der Waals surface area (Å²) < 4.78 is 7.14. The van der Waals surface area contributed by atoms with Crippen molar-refractivity contribution in [2.45, 2.75) is 6.92 Å². The zero-order valence-corrected chi connectivity index (χ0v) is 13.0. The second kappa shape index (κ2) is 4.53. The number of rotatable bonds is 2. The predicted molar refractivity (Wildman–Crippen MR) is 88.4 cm³/mol. The molecule has 0 radical (unpaired) electrons. The van der Waals surface area contributed by atoms with Gasteiger partial charge in [-0.1, -0.05) is 29.5 Å². The van der Waals surface area contributed by atoms with Crippen LogP contribution in [0.4, 0.5) is 0 Å². The number of aryl methyl sites for hydroxylation is 1. The maximum Gasteiger partial charge on any atom is 0.235 e. The molecule has 0 spiro atoms. The Morgan fingerprint density at radius 3 is 2.91 bits per heavy atom. The summed E-state index contributed by atoms with van der Waals surface area (Å²) in [5.41, 5.74) is 3.08. The molecule has 0 atom stereocenters. The maximum absolute atomic E-state index is 5.36. The van der Waals surface area contributed by atoms with Crippen molar-refractivity contribution in [3.63, 3.8) is 0 Å². The number of benzene rings is 1. The first-order valence-corrected chi connectivity index (χ1v) is 7.96. The highest BCUT2D eigenvalue weighted by molar-refractivity contribution is 7.20. The van der Waals surface area contributed by atoms with Crippen LogP contribution in [0.15, 0.2) is 47.2 Å². The standard InChI is InChI=1S/C16H11N5OS/c1-9-10(6-7-22-9)14-18-19-16-21(14)20-15(23-16)12-8-17-13-5-3-2-4-11(12)13/h2-8,17H,1H3. The van der Waals surface area contributed by atoms with Crippen LogP contribution in [-0.2, 0) is 0 Å². The number of fused-ring (bicyclic) bond motifs is 2. The Kier molecular flexibility index (Phi) is 2.48. The number of hydrogen-bond acceptors (Lipinski definition) is 5. The lowest BCUT2D eigenvalue weighted by Gasteiger charge is -1.94. The van der Waals surface area contributed by atoms with Crippen LogP contribution in [0.25, 0.3) is 37.8 Å². The summed E-state index contributed by atoms with van der Waals surface area (Å²) in [6, 6.07) is 10.1. The molecule has 0 amide bonds. The number of para-hydroxylation sites is 1. The third kappa shape index (κ3) is 1.77. The SMILES string of the molecule is Cc1occc1-c1nnc2sc(-c3c[nH]c4ccccc34)nn12. The van der Waals surface area contributed by atoms with Crippen molar-refractivity contribution in [2.75, 3.05) is 0 Å². The van der Waals surface area contributed by atoms with E-state index in [0.717, 1.165) is 37.8 Å². The molecule has 0 aliphatic rings. The van der Waals surface area contributed by atoms with Gasteiger partial charge in [-0.15, -0.1) is 10.2 Å². The van der Waals surface area contributed by atoms with Gasteiger partial charge in [0.15, 0.2) is 5.82 Å². The number of aromatic amines is 1. The van der Waals surface area contributed by atoms with Crippen molar-refractivity contribution in [3.8, 4) is 22.0 Å². The smallest absolute Gasteiger partial charge is 0.235 e. The van der Waals surface area contributed by atoms with Crippen molar-refractivity contribution in [3.05, 3.63) is 48.6 Å². The van der Waals surface area contributed by atoms with Crippen LogP contribution >= 0.6 is 11.3 Å². The molecule has 4 heterocycles. The fraction of sp³-hybridized carbons (Fsp3) is 0.0625. The summed E-state index contributed by atoms with van der Waals surface area (Å²) in [4.78, 5) is 4.05. The van der Waals surface area contributed by atoms with E-state index in [0.29, 0.717) is 5.82 Å². The zero-order chi connectivity index (χ0) is 15.4. The van der Waals surface area contributed by atoms with E-state index in [-0.39, 0.29) is 0 Å². The number of hydrogen-bond donors (Lipinski definition) is 1. The van der Waals surface area contributed by atoms with Crippen molar-refractivity contribution in [2.24, 2.45) is 0 Å². The van der Waals surface area contributed by atoms with Crippen LogP contribution in [-0.4, -0.2) is 24.8 Å². The van der Waals surface area contributed by atoms with Crippen molar-refractivity contribution in [1.82, 2.24) is 24.8 Å². The molecule has 0 saturated heterocycles. The molecule has 0 unspecified atom stereocenters. The molecule has 6 nitrogen and oxygen atoms in total. The van der Waals surface area contributed by atoms with Gasteiger partial charge in [0, 0.05) is 22.7 Å². The molecule has 0 aliphatic heterocycles. The normalized spacial score (nSPS) is 11.7. The Morgan fingerprint density at radius 2 is 2.04 bits per heavy atom. The molecule has 112 valence electrons. The van der Waals surface area contributed by atoms with E-state index in [1.807, 2.05) is 31.3 Å². The number of aromatic nitrogens is 5. The van der Waals surface area contributed by atoms with Crippen molar-refractivity contribution < 1.29 is 4.42 Å². The summed E-state index contributed by atoms with van der Waals surface area (Å²) in [6.45, 7) is 1.91. The number of nitrogens with one attached hydrogen (secondary N) is 1. The Labute approximate surface area is 134 Å². The summed E-state index contributed by atoms with van der Waals surface area (Å²) in [5, 5.41) is 15.3. The quantitative estimate of drug-likeness (QED) is 0.535. The second-order valence-electron chi connectivity index (χ2n) is 5.26. The van der Waals surface area contributed by atoms with Gasteiger partial charge >= 0.3 is 0 Å². The lowest BCUT2D eigenvalue weighted by Crippen LogP contribution is -1.90. The van der Waals surface area contributed by atoms with Gasteiger partial charge in [0.25, 0.3) is 0 Å². The van der Waals surface area contributed by atoms with Crippen LogP contribution in [0, 0.1) is 6.92 Å². The molecule has 0 aliphatic carbocycles. The first-order chi connectivity index (χ1) is 11.3. The van der Waals surface area contributed by atoms with Crippen LogP contribution in [0.3, 0.4) is 0 Å². The maximum atomic E-state index is 5.36. The van der Waals surface area contributed by atoms with E-state index >= 15 is 0 Å². The lowest BCUT2D eigenvalue weighted by atomic mass is 10.2. The predicted octanol–water partition coefficient (Wildman–Crippen LogP) is 3.90. The van der Waals surface area contributed by atoms with Gasteiger partial charge in [-0.3, -0.25) is 0 Å². The first-order valence-electron chi connectivity index (χ1n) is 7.14. The molecular weight excluding hydrogens is 310 g/mol. The molecule has 23 heavy (non-hydrogen) atoms. The molecule has 1 aromatic carbocycles. The second-order valence-corrected chi connectivity index (χ2v) is 6.22. The Bertz CT molecular complexity index is 1150. The molecule has 4 aromatic heterocycles. The van der Waals surface area contributed by atoms with Crippen molar-refractivity contribution in [1.29, 1.82) is 0 Å². The minimum Gasteiger partial charge on any atom is -0.469 e. The van der Waals surface area contributed by atoms with E-state index in [1.165, 1.54) is 11.3 Å². The molecule has 1 N–H and O–H groups in total. The van der Waals surface area contributed by atoms with Crippen LogP contribution in [0.1, 0.15) is 5.76 Å². The van der Waals surface area contributed by atoms with Crippen LogP contribution in [0.2, 0.25) is 0 Å². The largest absolute Gasteiger partial charge is 0.469 e. The van der Waals surface area contributed by atoms with E-state index in [4.69, 9.17) is 9.52 Å². The summed E-state index contributed by atoms with van der Waals surface area (Å²) in [5.74, 6) is 1.51. The molecular formula is C16H11N5OS. The van der Waals surface area contributed by atoms with Gasteiger partial charge in [0.05, 0.1) is 11.8 Å². The van der Waals surface area contributed by atoms with E-state index in [9.17, 15) is 0 Å². The summed E-state index contributed by atoms with van der Waals surface area (Å²) in [6.07, 6.45) is 3.64. The highest BCUT2D eigenvalue weighted by Crippen LogP contribution is 2.33. The number of H-pyrrole nitrogens is 1. The minimum absolute atomic E-state index is 0.702. The number of furan rings is 1. The van der Waals surface area contributed by atoms with Gasteiger partial charge in [-0.2, -0.15) is 9.61 Å².